The lowest BCUT2D eigenvalue weighted by molar-refractivity contribution is 0.557. The average Bonchev–Trinajstić information content (AvgIpc) is 3.14. The maximum Gasteiger partial charge on any atom is 0.336 e. The van der Waals surface area contributed by atoms with E-state index >= 15 is 0 Å². The predicted molar refractivity (Wildman–Crippen MR) is 116 cm³/mol. The van der Waals surface area contributed by atoms with Gasteiger partial charge in [-0.3, -0.25) is 9.36 Å². The Kier molecular flexibility index (Phi) is 4.95. The van der Waals surface area contributed by atoms with E-state index in [1.807, 2.05) is 31.4 Å². The van der Waals surface area contributed by atoms with Crippen molar-refractivity contribution in [3.8, 4) is 0 Å². The van der Waals surface area contributed by atoms with Gasteiger partial charge in [-0.1, -0.05) is 30.0 Å². The van der Waals surface area contributed by atoms with Gasteiger partial charge in [-0.2, -0.15) is 0 Å². The second-order valence-electron chi connectivity index (χ2n) is 6.50. The Morgan fingerprint density at radius 2 is 2.07 bits per heavy atom. The lowest BCUT2D eigenvalue weighted by Crippen LogP contribution is -2.22. The van der Waals surface area contributed by atoms with Crippen molar-refractivity contribution in [1.29, 1.82) is 0 Å². The molecule has 0 spiro atoms. The topological polar surface area (TPSA) is 65.1 Å². The van der Waals surface area contributed by atoms with E-state index in [0.29, 0.717) is 28.4 Å². The summed E-state index contributed by atoms with van der Waals surface area (Å²) in [5.74, 6) is 0.505. The van der Waals surface area contributed by atoms with Crippen LogP contribution in [0.15, 0.2) is 61.5 Å². The number of allylic oxidation sites excluding steroid dienone is 1. The highest BCUT2D eigenvalue weighted by molar-refractivity contribution is 7.98. The molecule has 4 aromatic rings. The quantitative estimate of drug-likeness (QED) is 0.207. The van der Waals surface area contributed by atoms with Gasteiger partial charge in [-0.15, -0.1) is 17.9 Å². The van der Waals surface area contributed by atoms with Gasteiger partial charge in [0.25, 0.3) is 5.56 Å². The molecule has 0 saturated heterocycles. The molecule has 0 aliphatic heterocycles. The number of aryl methyl sites for hydroxylation is 2. The Morgan fingerprint density at radius 1 is 1.25 bits per heavy atom. The predicted octanol–water partition coefficient (Wildman–Crippen LogP) is 4.66. The number of nitrogens with zero attached hydrogens (tertiary/aromatic N) is 2. The number of hydrogen-bond acceptors (Lipinski definition) is 6. The molecule has 5 nitrogen and oxygen atoms in total. The fraction of sp³-hybridized carbons (Fsp3) is 0.190. The van der Waals surface area contributed by atoms with Gasteiger partial charge in [0.2, 0.25) is 0 Å². The van der Waals surface area contributed by atoms with Crippen LogP contribution in [-0.2, 0) is 12.3 Å². The van der Waals surface area contributed by atoms with Crippen LogP contribution >= 0.6 is 23.1 Å². The summed E-state index contributed by atoms with van der Waals surface area (Å²) in [7, 11) is 0. The first-order valence-electron chi connectivity index (χ1n) is 8.74. The maximum absolute atomic E-state index is 12.8. The van der Waals surface area contributed by atoms with E-state index in [9.17, 15) is 9.59 Å². The van der Waals surface area contributed by atoms with Crippen molar-refractivity contribution >= 4 is 44.3 Å². The van der Waals surface area contributed by atoms with Crippen LogP contribution in [0.5, 0.6) is 0 Å². The first-order chi connectivity index (χ1) is 13.5. The zero-order chi connectivity index (χ0) is 19.8. The zero-order valence-electron chi connectivity index (χ0n) is 15.5. The Bertz CT molecular complexity index is 1330. The Morgan fingerprint density at radius 3 is 2.86 bits per heavy atom. The van der Waals surface area contributed by atoms with Crippen molar-refractivity contribution in [3.05, 3.63) is 79.8 Å². The third-order valence-electron chi connectivity index (χ3n) is 4.73. The molecule has 0 radical (unpaired) electrons. The molecule has 4 rings (SSSR count). The van der Waals surface area contributed by atoms with Crippen molar-refractivity contribution in [2.75, 3.05) is 0 Å². The molecule has 0 unspecified atom stereocenters. The summed E-state index contributed by atoms with van der Waals surface area (Å²) in [6, 6.07) is 7.31. The van der Waals surface area contributed by atoms with E-state index in [1.54, 1.807) is 16.7 Å². The molecule has 28 heavy (non-hydrogen) atoms. The maximum atomic E-state index is 12.8. The normalized spacial score (nSPS) is 11.4. The highest BCUT2D eigenvalue weighted by Crippen LogP contribution is 2.29. The van der Waals surface area contributed by atoms with Crippen LogP contribution in [-0.4, -0.2) is 9.55 Å². The first-order valence-corrected chi connectivity index (χ1v) is 10.6. The van der Waals surface area contributed by atoms with Crippen LogP contribution in [0.1, 0.15) is 16.7 Å². The number of thiophene rings is 1. The van der Waals surface area contributed by atoms with E-state index in [1.165, 1.54) is 29.2 Å². The number of thioether (sulfide) groups is 1. The molecule has 0 fully saturated rings. The summed E-state index contributed by atoms with van der Waals surface area (Å²) < 4.78 is 7.07. The molecule has 0 bridgehead atoms. The van der Waals surface area contributed by atoms with Gasteiger partial charge < -0.3 is 4.42 Å². The van der Waals surface area contributed by atoms with Crippen LogP contribution in [0.2, 0.25) is 0 Å². The molecule has 0 N–H and O–H groups in total. The summed E-state index contributed by atoms with van der Waals surface area (Å²) in [6.45, 7) is 8.07. The molecule has 7 heteroatoms. The smallest absolute Gasteiger partial charge is 0.336 e. The average molecular weight is 411 g/mol. The molecule has 3 heterocycles. The van der Waals surface area contributed by atoms with E-state index in [4.69, 9.17) is 4.42 Å². The Balaban J connectivity index is 1.79. The lowest BCUT2D eigenvalue weighted by Gasteiger charge is -2.11. The zero-order valence-corrected chi connectivity index (χ0v) is 17.2. The van der Waals surface area contributed by atoms with Crippen LogP contribution in [0.25, 0.3) is 21.2 Å². The number of benzene rings is 1. The highest BCUT2D eigenvalue weighted by atomic mass is 32.2. The van der Waals surface area contributed by atoms with Crippen LogP contribution in [0, 0.1) is 13.8 Å². The third-order valence-corrected chi connectivity index (χ3v) is 6.57. The molecule has 0 atom stereocenters. The molecular formula is C21H18N2O3S2. The van der Waals surface area contributed by atoms with Crippen LogP contribution in [0.3, 0.4) is 0 Å². The fourth-order valence-electron chi connectivity index (χ4n) is 3.12. The number of hydrogen-bond donors (Lipinski definition) is 0. The Labute approximate surface area is 169 Å². The molecule has 0 aliphatic rings. The second kappa shape index (κ2) is 7.41. The van der Waals surface area contributed by atoms with Gasteiger partial charge in [-0.25, -0.2) is 9.78 Å². The minimum Gasteiger partial charge on any atom is -0.422 e. The summed E-state index contributed by atoms with van der Waals surface area (Å²) >= 11 is 2.88. The monoisotopic (exact) mass is 410 g/mol. The SMILES string of the molecule is C=CCn1c(SCc2cc(=O)oc3c(C)c(C)ccc23)nc2sccc2c1=O. The number of aromatic nitrogens is 2. The van der Waals surface area contributed by atoms with Crippen molar-refractivity contribution in [1.82, 2.24) is 9.55 Å². The van der Waals surface area contributed by atoms with E-state index in [0.717, 1.165) is 26.9 Å². The largest absolute Gasteiger partial charge is 0.422 e. The van der Waals surface area contributed by atoms with E-state index in [-0.39, 0.29) is 11.2 Å². The number of fused-ring (bicyclic) bond motifs is 2. The summed E-state index contributed by atoms with van der Waals surface area (Å²) in [5.41, 5.74) is 3.08. The van der Waals surface area contributed by atoms with Crippen molar-refractivity contribution in [2.24, 2.45) is 0 Å². The Hall–Kier alpha value is -2.64. The molecule has 3 aromatic heterocycles. The van der Waals surface area contributed by atoms with Crippen molar-refractivity contribution in [3.63, 3.8) is 0 Å². The number of rotatable bonds is 5. The minimum atomic E-state index is -0.373. The third kappa shape index (κ3) is 3.21. The van der Waals surface area contributed by atoms with Gasteiger partial charge in [0, 0.05) is 23.8 Å². The molecule has 0 saturated carbocycles. The minimum absolute atomic E-state index is 0.0717. The van der Waals surface area contributed by atoms with Gasteiger partial charge >= 0.3 is 5.63 Å². The molecule has 142 valence electrons. The van der Waals surface area contributed by atoms with Crippen LogP contribution < -0.4 is 11.2 Å². The summed E-state index contributed by atoms with van der Waals surface area (Å²) in [4.78, 5) is 30.2. The highest BCUT2D eigenvalue weighted by Gasteiger charge is 2.14. The summed E-state index contributed by atoms with van der Waals surface area (Å²) in [5, 5.41) is 4.01. The molecular weight excluding hydrogens is 392 g/mol. The van der Waals surface area contributed by atoms with Crippen molar-refractivity contribution < 1.29 is 4.42 Å². The van der Waals surface area contributed by atoms with Crippen LogP contribution in [0.4, 0.5) is 0 Å². The summed E-state index contributed by atoms with van der Waals surface area (Å²) in [6.07, 6.45) is 1.68. The van der Waals surface area contributed by atoms with E-state index in [2.05, 4.69) is 11.6 Å². The molecule has 0 amide bonds. The second-order valence-corrected chi connectivity index (χ2v) is 8.34. The first kappa shape index (κ1) is 18.7. The molecule has 1 aromatic carbocycles. The van der Waals surface area contributed by atoms with Gasteiger partial charge in [-0.05, 0) is 42.0 Å². The molecule has 0 aliphatic carbocycles. The van der Waals surface area contributed by atoms with Gasteiger partial charge in [0.1, 0.15) is 10.4 Å². The standard InChI is InChI=1S/C21H18N2O3S2/c1-4-8-23-20(25)16-7-9-27-19(16)22-21(23)28-11-14-10-17(24)26-18-13(3)12(2)5-6-15(14)18/h4-7,9-10H,1,8,11H2,2-3H3. The van der Waals surface area contributed by atoms with Gasteiger partial charge in [0.15, 0.2) is 5.16 Å². The van der Waals surface area contributed by atoms with Crippen molar-refractivity contribution in [2.45, 2.75) is 31.3 Å². The lowest BCUT2D eigenvalue weighted by atomic mass is 10.0. The van der Waals surface area contributed by atoms with Gasteiger partial charge in [0.05, 0.1) is 5.39 Å². The van der Waals surface area contributed by atoms with E-state index < -0.39 is 0 Å². The fourth-order valence-corrected chi connectivity index (χ4v) is 4.92.